The molecule has 0 saturated heterocycles. The SMILES string of the molecule is C1N=NN=N1.CC.CC.CC.CC.CC.CC.CC.CC.CC.CC.CC.CC.CC.CC.CC.CC.Cc1nccs1.c1c[nH]cn1.c1cc2cn[nH]c2s1.c1cc[nH]c1.c1ccc2[nH]ccc2c1.c1ccncc1.c1ccnnc1.c1ccoc1.c1ccoc1.c1ccsc1.c1cn[nH]c1.c1cnccn1.c1cncnc1.c1cnsc1.c1cscn1.c1nc[nH]n1. The van der Waals surface area contributed by atoms with Crippen molar-refractivity contribution in [2.45, 2.75) is 228 Å². The first-order valence-corrected chi connectivity index (χ1v) is 48.6. The molecule has 27 nitrogen and oxygen atoms in total. The van der Waals surface area contributed by atoms with Gasteiger partial charge in [0.05, 0.1) is 48.1 Å². The van der Waals surface area contributed by atoms with Crippen LogP contribution in [-0.2, 0) is 0 Å². The zero-order chi connectivity index (χ0) is 100. The van der Waals surface area contributed by atoms with E-state index in [1.807, 2.05) is 395 Å². The summed E-state index contributed by atoms with van der Waals surface area (Å²) in [5.74, 6) is 0. The van der Waals surface area contributed by atoms with Crippen LogP contribution >= 0.6 is 56.9 Å². The summed E-state index contributed by atoms with van der Waals surface area (Å²) in [6.07, 6.45) is 49.1. The number of aromatic nitrogens is 21. The Balaban J connectivity index is -0.0000000892. The van der Waals surface area contributed by atoms with Gasteiger partial charge in [0.25, 0.3) is 0 Å². The number of nitrogens with zero attached hydrogens (tertiary/aromatic N) is 19. The Morgan fingerprint density at radius 3 is 1.06 bits per heavy atom. The van der Waals surface area contributed by atoms with Gasteiger partial charge in [-0.15, -0.1) is 44.2 Å². The predicted molar refractivity (Wildman–Crippen MR) is 566 cm³/mol. The maximum atomic E-state index is 4.58. The number of para-hydroxylation sites is 1. The third kappa shape index (κ3) is 144. The number of rotatable bonds is 0. The van der Waals surface area contributed by atoms with Gasteiger partial charge in [0.1, 0.15) is 23.8 Å². The summed E-state index contributed by atoms with van der Waals surface area (Å²) in [7, 11) is 0. The number of nitrogens with one attached hydrogen (secondary N) is 6. The van der Waals surface area contributed by atoms with Gasteiger partial charge in [0, 0.05) is 151 Å². The van der Waals surface area contributed by atoms with Crippen LogP contribution in [0, 0.1) is 6.92 Å². The number of imidazole rings is 1. The third-order valence-electron chi connectivity index (χ3n) is 8.99. The quantitative estimate of drug-likeness (QED) is 0.0821. The highest BCUT2D eigenvalue weighted by atomic mass is 32.1. The highest BCUT2D eigenvalue weighted by Gasteiger charge is 1.91. The molecule has 0 aliphatic carbocycles. The van der Waals surface area contributed by atoms with Gasteiger partial charge in [-0.05, 0) is 147 Å². The van der Waals surface area contributed by atoms with Crippen LogP contribution in [-0.4, -0.2) is 112 Å². The molecule has 1 aliphatic heterocycles. The zero-order valence-corrected chi connectivity index (χ0v) is 88.1. The molecule has 0 bridgehead atoms. The second kappa shape index (κ2) is 173. The fourth-order valence-corrected chi connectivity index (χ4v) is 7.39. The number of furan rings is 2. The van der Waals surface area contributed by atoms with Gasteiger partial charge in [-0.3, -0.25) is 40.2 Å². The standard InChI is InChI=1S/C8H7N.C5H4N2S.C5H5N.3C4H4N2.C4H5NS.C4H5N.2C4H4O.C4H4S.2C3H4N2.2C3H3NS.C2H3N3.16C2H6.CH2N4/c1-2-4-8-7(3-1)5-6-9-8;1-2-8-5-4(1)3-6-7-5;1-2-4-6-5-3-1;1-2-6-4-3-5-1;1-2-5-4-6-3-1;1-2-4-6-5-3-1;1-4-5-2-3-6-4;4*1-2-4-5-3-1;1-2-5-3-4-1;1-2-4-5-3-1;1-2-5-3-4-1;1-2-4-5-3-1;1-3-2-5-4-1;16*1-2;1-2-4-5-3-1/h1-6,9H;1-3H,(H,6,7);1-5H;3*1-4H;2-3H,1H3;1-5H;3*1-4H;2*1-3H,(H,4,5);2*1-3H;1-2H,(H,3,4,5);16*1-2H3;1H2. The van der Waals surface area contributed by atoms with E-state index in [-0.39, 0.29) is 0 Å². The van der Waals surface area contributed by atoms with E-state index in [4.69, 9.17) is 0 Å². The molecule has 0 radical (unpaired) electrons. The number of H-pyrrole nitrogens is 6. The molecule has 0 atom stereocenters. The lowest BCUT2D eigenvalue weighted by atomic mass is 10.3. The number of thiazole rings is 2. The van der Waals surface area contributed by atoms with Crippen LogP contribution in [0.2, 0.25) is 0 Å². The fraction of sp³-hybridized carbons (Fsp3) is 0.351. The summed E-state index contributed by atoms with van der Waals surface area (Å²) in [6, 6.07) is 42.5. The molecule has 0 saturated carbocycles. The van der Waals surface area contributed by atoms with Gasteiger partial charge in [-0.2, -0.15) is 36.8 Å². The summed E-state index contributed by atoms with van der Waals surface area (Å²) in [5, 5.41) is 54.6. The molecule has 1 aromatic carbocycles. The van der Waals surface area contributed by atoms with Crippen molar-refractivity contribution in [3.05, 3.63) is 357 Å². The molecule has 32 heteroatoms. The molecule has 18 heterocycles. The molecule has 0 fully saturated rings. The van der Waals surface area contributed by atoms with E-state index < -0.39 is 0 Å². The minimum Gasteiger partial charge on any atom is -0.473 e. The highest BCUT2D eigenvalue weighted by Crippen LogP contribution is 2.15. The number of aromatic amines is 6. The van der Waals surface area contributed by atoms with E-state index in [1.54, 1.807) is 194 Å². The van der Waals surface area contributed by atoms with Gasteiger partial charge >= 0.3 is 0 Å². The average molecular weight is 1870 g/mol. The van der Waals surface area contributed by atoms with Gasteiger partial charge in [0.15, 0.2) is 6.67 Å². The molecule has 0 spiro atoms. The van der Waals surface area contributed by atoms with Crippen molar-refractivity contribution < 1.29 is 8.83 Å². The number of fused-ring (bicyclic) bond motifs is 2. The number of thiophene rings is 2. The topological polar surface area (TPSA) is 364 Å². The van der Waals surface area contributed by atoms with E-state index in [0.29, 0.717) is 6.67 Å². The smallest absolute Gasteiger partial charge is 0.175 e. The fourth-order valence-electron chi connectivity index (χ4n) is 5.08. The summed E-state index contributed by atoms with van der Waals surface area (Å²) in [4.78, 5) is 43.4. The first-order valence-electron chi connectivity index (χ1n) is 44.1. The monoisotopic (exact) mass is 1870 g/mol. The highest BCUT2D eigenvalue weighted by molar-refractivity contribution is 7.16. The molecule has 19 rings (SSSR count). The molecule has 0 unspecified atom stereocenters. The minimum atomic E-state index is 0.417. The molecule has 18 aromatic rings. The summed E-state index contributed by atoms with van der Waals surface area (Å²) < 4.78 is 12.9. The van der Waals surface area contributed by atoms with Crippen LogP contribution in [0.15, 0.2) is 381 Å². The van der Waals surface area contributed by atoms with E-state index in [1.165, 1.54) is 46.8 Å². The summed E-state index contributed by atoms with van der Waals surface area (Å²) >= 11 is 8.12. The van der Waals surface area contributed by atoms with Crippen molar-refractivity contribution >= 4 is 78.0 Å². The Hall–Kier alpha value is -12.5. The molecular formula is C97H165N25O2S5. The Labute approximate surface area is 798 Å². The molecule has 129 heavy (non-hydrogen) atoms. The Morgan fingerprint density at radius 1 is 0.310 bits per heavy atom. The van der Waals surface area contributed by atoms with E-state index in [2.05, 4.69) is 153 Å². The van der Waals surface area contributed by atoms with Crippen LogP contribution in [0.3, 0.4) is 0 Å². The van der Waals surface area contributed by atoms with E-state index >= 15 is 0 Å². The van der Waals surface area contributed by atoms with Crippen LogP contribution in [0.5, 0.6) is 0 Å². The number of benzene rings is 1. The average Bonchev–Trinajstić information content (AvgIpc) is 1.74. The Morgan fingerprint density at radius 2 is 0.837 bits per heavy atom. The van der Waals surface area contributed by atoms with Crippen molar-refractivity contribution in [1.82, 2.24) is 105 Å². The summed E-state index contributed by atoms with van der Waals surface area (Å²) in [5.41, 5.74) is 3.00. The molecule has 17 aromatic heterocycles. The van der Waals surface area contributed by atoms with E-state index in [9.17, 15) is 0 Å². The lowest BCUT2D eigenvalue weighted by molar-refractivity contribution is 0.567. The van der Waals surface area contributed by atoms with Gasteiger partial charge in [-0.1, -0.05) is 258 Å². The number of pyridine rings is 1. The molecule has 1 aliphatic rings. The minimum absolute atomic E-state index is 0.417. The van der Waals surface area contributed by atoms with Gasteiger partial charge in [0.2, 0.25) is 0 Å². The second-order valence-electron chi connectivity index (χ2n) is 15.8. The van der Waals surface area contributed by atoms with Crippen LogP contribution in [0.1, 0.15) is 227 Å². The Bertz CT molecular complexity index is 3260. The first-order chi connectivity index (χ1) is 64.3. The molecular weight excluding hydrogens is 1710 g/mol. The number of hydrogen-bond donors (Lipinski definition) is 6. The van der Waals surface area contributed by atoms with Crippen molar-refractivity contribution in [3.8, 4) is 0 Å². The van der Waals surface area contributed by atoms with Crippen LogP contribution in [0.25, 0.3) is 21.1 Å². The zero-order valence-electron chi connectivity index (χ0n) is 84.0. The van der Waals surface area contributed by atoms with Crippen molar-refractivity contribution in [2.75, 3.05) is 6.67 Å². The van der Waals surface area contributed by atoms with Crippen molar-refractivity contribution in [1.29, 1.82) is 0 Å². The lowest BCUT2D eigenvalue weighted by Crippen LogP contribution is -1.69. The molecule has 6 N–H and O–H groups in total. The van der Waals surface area contributed by atoms with Gasteiger partial charge in [-0.25, -0.2) is 24.3 Å². The number of aryl methyl sites for hydroxylation is 1. The lowest BCUT2D eigenvalue weighted by Gasteiger charge is -1.83. The normalized spacial score (nSPS) is 7.48. The maximum Gasteiger partial charge on any atom is 0.175 e. The van der Waals surface area contributed by atoms with Crippen LogP contribution < -0.4 is 0 Å². The summed E-state index contributed by atoms with van der Waals surface area (Å²) in [6.45, 7) is 66.4. The largest absolute Gasteiger partial charge is 0.473 e. The number of hydrogen-bond acceptors (Lipinski definition) is 26. The van der Waals surface area contributed by atoms with Crippen molar-refractivity contribution in [3.63, 3.8) is 0 Å². The van der Waals surface area contributed by atoms with Gasteiger partial charge < -0.3 is 23.8 Å². The first kappa shape index (κ1) is 148. The molecule has 0 amide bonds. The predicted octanol–water partition coefficient (Wildman–Crippen LogP) is 33.2. The van der Waals surface area contributed by atoms with Crippen molar-refractivity contribution in [2.24, 2.45) is 20.7 Å². The Kier molecular flexibility index (Phi) is 199. The van der Waals surface area contributed by atoms with Crippen LogP contribution in [0.4, 0.5) is 0 Å². The third-order valence-corrected chi connectivity index (χ3v) is 12.2. The second-order valence-corrected chi connectivity index (χ2v) is 20.1. The molecule has 720 valence electrons. The van der Waals surface area contributed by atoms with E-state index in [0.717, 1.165) is 9.84 Å². The maximum absolute atomic E-state index is 4.58.